The predicted octanol–water partition coefficient (Wildman–Crippen LogP) is 2.68. The van der Waals surface area contributed by atoms with Crippen LogP contribution in [0.5, 0.6) is 0 Å². The second-order valence-corrected chi connectivity index (χ2v) is 4.73. The van der Waals surface area contributed by atoms with E-state index < -0.39 is 4.92 Å². The van der Waals surface area contributed by atoms with Gasteiger partial charge in [0.15, 0.2) is 0 Å². The number of rotatable bonds is 4. The van der Waals surface area contributed by atoms with E-state index in [1.165, 1.54) is 6.07 Å². The number of amides is 1. The summed E-state index contributed by atoms with van der Waals surface area (Å²) in [4.78, 5) is 26.3. The maximum Gasteiger partial charge on any atom is 0.274 e. The Kier molecular flexibility index (Phi) is 4.41. The van der Waals surface area contributed by atoms with Crippen LogP contribution in [0, 0.1) is 10.1 Å². The third-order valence-electron chi connectivity index (χ3n) is 2.58. The first-order valence-corrected chi connectivity index (χ1v) is 6.50. The molecule has 0 atom stereocenters. The molecule has 0 bridgehead atoms. The molecule has 0 radical (unpaired) electrons. The van der Waals surface area contributed by atoms with Crippen molar-refractivity contribution in [3.63, 3.8) is 0 Å². The molecule has 1 N–H and O–H groups in total. The number of halogens is 1. The first-order chi connectivity index (χ1) is 9.58. The van der Waals surface area contributed by atoms with Gasteiger partial charge in [-0.15, -0.1) is 0 Å². The van der Waals surface area contributed by atoms with Crippen molar-refractivity contribution >= 4 is 27.5 Å². The molecule has 0 spiro atoms. The van der Waals surface area contributed by atoms with Gasteiger partial charge in [0.05, 0.1) is 4.92 Å². The van der Waals surface area contributed by atoms with E-state index in [0.717, 1.165) is 0 Å². The number of nitrogens with one attached hydrogen (secondary N) is 1. The first-order valence-electron chi connectivity index (χ1n) is 5.71. The summed E-state index contributed by atoms with van der Waals surface area (Å²) in [5.41, 5.74) is 0.675. The van der Waals surface area contributed by atoms with Crippen molar-refractivity contribution in [2.75, 3.05) is 0 Å². The lowest BCUT2D eigenvalue weighted by molar-refractivity contribution is -0.385. The van der Waals surface area contributed by atoms with Crippen molar-refractivity contribution in [1.29, 1.82) is 0 Å². The lowest BCUT2D eigenvalue weighted by Gasteiger charge is -2.05. The maximum atomic E-state index is 11.9. The van der Waals surface area contributed by atoms with Gasteiger partial charge in [0.1, 0.15) is 10.3 Å². The van der Waals surface area contributed by atoms with Crippen LogP contribution in [0.3, 0.4) is 0 Å². The van der Waals surface area contributed by atoms with Crippen molar-refractivity contribution < 1.29 is 9.72 Å². The van der Waals surface area contributed by atoms with Crippen LogP contribution in [0.1, 0.15) is 16.1 Å². The molecule has 1 amide bonds. The van der Waals surface area contributed by atoms with E-state index >= 15 is 0 Å². The second kappa shape index (κ2) is 6.25. The minimum absolute atomic E-state index is 0.0185. The Morgan fingerprint density at radius 3 is 2.70 bits per heavy atom. The number of carbonyl (C=O) groups is 1. The molecule has 1 aromatic carbocycles. The summed E-state index contributed by atoms with van der Waals surface area (Å²) in [6, 6.07) is 11.2. The summed E-state index contributed by atoms with van der Waals surface area (Å²) < 4.78 is 0.552. The van der Waals surface area contributed by atoms with Gasteiger partial charge in [-0.1, -0.05) is 24.3 Å². The Bertz CT molecular complexity index is 661. The first kappa shape index (κ1) is 14.1. The van der Waals surface area contributed by atoms with Crippen LogP contribution in [-0.4, -0.2) is 15.8 Å². The number of pyridine rings is 1. The van der Waals surface area contributed by atoms with Gasteiger partial charge in [-0.3, -0.25) is 14.9 Å². The summed E-state index contributed by atoms with van der Waals surface area (Å²) >= 11 is 3.18. The van der Waals surface area contributed by atoms with Gasteiger partial charge in [-0.25, -0.2) is 4.98 Å². The molecule has 2 rings (SSSR count). The predicted molar refractivity (Wildman–Crippen MR) is 76.2 cm³/mol. The van der Waals surface area contributed by atoms with E-state index in [1.54, 1.807) is 36.4 Å². The Hall–Kier alpha value is -2.28. The van der Waals surface area contributed by atoms with Gasteiger partial charge in [-0.05, 0) is 28.1 Å². The summed E-state index contributed by atoms with van der Waals surface area (Å²) in [5, 5.41) is 13.5. The molecule has 6 nitrogen and oxygen atoms in total. The van der Waals surface area contributed by atoms with Gasteiger partial charge in [-0.2, -0.15) is 0 Å². The fourth-order valence-corrected chi connectivity index (χ4v) is 1.98. The molecule has 0 saturated heterocycles. The number of para-hydroxylation sites is 1. The molecular weight excluding hydrogens is 326 g/mol. The molecule has 0 aliphatic carbocycles. The fraction of sp³-hybridized carbons (Fsp3) is 0.0769. The molecule has 1 aromatic heterocycles. The summed E-state index contributed by atoms with van der Waals surface area (Å²) in [6.07, 6.45) is 0. The van der Waals surface area contributed by atoms with Crippen molar-refractivity contribution in [2.45, 2.75) is 6.54 Å². The average Bonchev–Trinajstić information content (AvgIpc) is 2.45. The smallest absolute Gasteiger partial charge is 0.274 e. The quantitative estimate of drug-likeness (QED) is 0.528. The van der Waals surface area contributed by atoms with Gasteiger partial charge < -0.3 is 5.32 Å². The highest BCUT2D eigenvalue weighted by molar-refractivity contribution is 9.10. The normalized spacial score (nSPS) is 10.1. The number of hydrogen-bond donors (Lipinski definition) is 1. The molecular formula is C13H10BrN3O3. The van der Waals surface area contributed by atoms with Crippen LogP contribution < -0.4 is 5.32 Å². The number of nitro benzene ring substituents is 1. The van der Waals surface area contributed by atoms with Gasteiger partial charge >= 0.3 is 0 Å². The summed E-state index contributed by atoms with van der Waals surface area (Å²) in [7, 11) is 0. The third-order valence-corrected chi connectivity index (χ3v) is 3.02. The number of hydrogen-bond acceptors (Lipinski definition) is 4. The number of carbonyl (C=O) groups excluding carboxylic acids is 1. The van der Waals surface area contributed by atoms with E-state index in [9.17, 15) is 14.9 Å². The number of aromatic nitrogens is 1. The minimum Gasteiger partial charge on any atom is -0.346 e. The highest BCUT2D eigenvalue weighted by Gasteiger charge is 2.14. The molecule has 2 aromatic rings. The largest absolute Gasteiger partial charge is 0.346 e. The van der Waals surface area contributed by atoms with Gasteiger partial charge in [0.2, 0.25) is 0 Å². The zero-order chi connectivity index (χ0) is 14.5. The van der Waals surface area contributed by atoms with Crippen LogP contribution in [0.25, 0.3) is 0 Å². The minimum atomic E-state index is -0.473. The summed E-state index contributed by atoms with van der Waals surface area (Å²) in [5.74, 6) is -0.385. The number of benzene rings is 1. The molecule has 0 fully saturated rings. The summed E-state index contributed by atoms with van der Waals surface area (Å²) in [6.45, 7) is 0.0736. The van der Waals surface area contributed by atoms with Crippen LogP contribution >= 0.6 is 15.9 Å². The average molecular weight is 336 g/mol. The number of nitrogens with zero attached hydrogens (tertiary/aromatic N) is 2. The van der Waals surface area contributed by atoms with E-state index in [1.807, 2.05) is 0 Å². The highest BCUT2D eigenvalue weighted by atomic mass is 79.9. The molecule has 102 valence electrons. The van der Waals surface area contributed by atoms with E-state index in [0.29, 0.717) is 10.2 Å². The van der Waals surface area contributed by atoms with Gasteiger partial charge in [0.25, 0.3) is 11.6 Å². The molecule has 0 unspecified atom stereocenters. The van der Waals surface area contributed by atoms with E-state index in [-0.39, 0.29) is 23.8 Å². The lowest BCUT2D eigenvalue weighted by Crippen LogP contribution is -2.24. The second-order valence-electron chi connectivity index (χ2n) is 3.91. The third kappa shape index (κ3) is 3.39. The van der Waals surface area contributed by atoms with Crippen LogP contribution in [0.2, 0.25) is 0 Å². The Morgan fingerprint density at radius 1 is 1.25 bits per heavy atom. The zero-order valence-corrected chi connectivity index (χ0v) is 11.8. The standard InChI is InChI=1S/C13H10BrN3O3/c14-12-7-3-5-10(16-12)13(18)15-8-9-4-1-2-6-11(9)17(19)20/h1-7H,8H2,(H,15,18). The van der Waals surface area contributed by atoms with Crippen molar-refractivity contribution in [3.05, 3.63) is 68.4 Å². The monoisotopic (exact) mass is 335 g/mol. The molecule has 1 heterocycles. The molecule has 0 saturated carbocycles. The van der Waals surface area contributed by atoms with Gasteiger partial charge in [0, 0.05) is 18.2 Å². The Balaban J connectivity index is 2.09. The lowest BCUT2D eigenvalue weighted by atomic mass is 10.2. The maximum absolute atomic E-state index is 11.9. The number of nitro groups is 1. The van der Waals surface area contributed by atoms with E-state index in [4.69, 9.17) is 0 Å². The molecule has 0 aliphatic rings. The Morgan fingerprint density at radius 2 is 2.00 bits per heavy atom. The SMILES string of the molecule is O=C(NCc1ccccc1[N+](=O)[O-])c1cccc(Br)n1. The zero-order valence-electron chi connectivity index (χ0n) is 10.2. The molecule has 7 heteroatoms. The van der Waals surface area contributed by atoms with Crippen molar-refractivity contribution in [3.8, 4) is 0 Å². The van der Waals surface area contributed by atoms with Crippen molar-refractivity contribution in [2.24, 2.45) is 0 Å². The molecule has 0 aliphatic heterocycles. The highest BCUT2D eigenvalue weighted by Crippen LogP contribution is 2.17. The van der Waals surface area contributed by atoms with E-state index in [2.05, 4.69) is 26.2 Å². The van der Waals surface area contributed by atoms with Crippen LogP contribution in [0.4, 0.5) is 5.69 Å². The molecule has 20 heavy (non-hydrogen) atoms. The van der Waals surface area contributed by atoms with Crippen molar-refractivity contribution in [1.82, 2.24) is 10.3 Å². The van der Waals surface area contributed by atoms with Crippen LogP contribution in [0.15, 0.2) is 47.1 Å². The Labute approximate surface area is 123 Å². The fourth-order valence-electron chi connectivity index (χ4n) is 1.64. The van der Waals surface area contributed by atoms with Crippen LogP contribution in [-0.2, 0) is 6.54 Å². The topological polar surface area (TPSA) is 85.1 Å².